The molecule has 18 heavy (non-hydrogen) atoms. The minimum Gasteiger partial charge on any atom is -0.393 e. The van der Waals surface area contributed by atoms with Crippen LogP contribution in [0.5, 0.6) is 0 Å². The van der Waals surface area contributed by atoms with Gasteiger partial charge in [0.1, 0.15) is 0 Å². The summed E-state index contributed by atoms with van der Waals surface area (Å²) in [5.74, 6) is 0.555. The smallest absolute Gasteiger partial charge is 0.0586 e. The zero-order chi connectivity index (χ0) is 12.4. The van der Waals surface area contributed by atoms with E-state index in [0.29, 0.717) is 5.92 Å². The lowest BCUT2D eigenvalue weighted by Crippen LogP contribution is -2.23. The topological polar surface area (TPSA) is 20.2 Å². The maximum atomic E-state index is 10.2. The van der Waals surface area contributed by atoms with Gasteiger partial charge in [0, 0.05) is 0 Å². The first-order valence-corrected chi connectivity index (χ1v) is 6.63. The normalized spacial score (nSPS) is 18.8. The van der Waals surface area contributed by atoms with E-state index in [2.05, 4.69) is 36.4 Å². The van der Waals surface area contributed by atoms with Crippen molar-refractivity contribution in [3.63, 3.8) is 0 Å². The Morgan fingerprint density at radius 1 is 1.00 bits per heavy atom. The van der Waals surface area contributed by atoms with Gasteiger partial charge in [-0.1, -0.05) is 54.6 Å². The third-order valence-corrected chi connectivity index (χ3v) is 3.83. The summed E-state index contributed by atoms with van der Waals surface area (Å²) in [4.78, 5) is 0. The second kappa shape index (κ2) is 4.95. The van der Waals surface area contributed by atoms with Crippen LogP contribution in [0.25, 0.3) is 0 Å². The molecule has 0 aromatic heterocycles. The van der Waals surface area contributed by atoms with Gasteiger partial charge in [-0.15, -0.1) is 0 Å². The van der Waals surface area contributed by atoms with E-state index in [4.69, 9.17) is 0 Å². The van der Waals surface area contributed by atoms with Crippen molar-refractivity contribution in [2.24, 2.45) is 0 Å². The van der Waals surface area contributed by atoms with Gasteiger partial charge in [-0.2, -0.15) is 0 Å². The Bertz CT molecular complexity index is 518. The zero-order valence-corrected chi connectivity index (χ0v) is 10.4. The van der Waals surface area contributed by atoms with Crippen molar-refractivity contribution >= 4 is 0 Å². The fourth-order valence-electron chi connectivity index (χ4n) is 2.87. The molecule has 1 heteroatoms. The predicted octanol–water partition coefficient (Wildman–Crippen LogP) is 3.32. The summed E-state index contributed by atoms with van der Waals surface area (Å²) in [7, 11) is 0. The Labute approximate surface area is 108 Å². The van der Waals surface area contributed by atoms with Gasteiger partial charge in [-0.05, 0) is 41.9 Å². The van der Waals surface area contributed by atoms with E-state index < -0.39 is 0 Å². The minimum absolute atomic E-state index is 0.231. The first kappa shape index (κ1) is 11.5. The van der Waals surface area contributed by atoms with Gasteiger partial charge < -0.3 is 5.11 Å². The van der Waals surface area contributed by atoms with E-state index in [1.54, 1.807) is 0 Å². The number of hydrogen-bond donors (Lipinski definition) is 1. The van der Waals surface area contributed by atoms with Crippen LogP contribution in [0.3, 0.4) is 0 Å². The summed E-state index contributed by atoms with van der Waals surface area (Å²) in [5, 5.41) is 10.2. The van der Waals surface area contributed by atoms with Crippen molar-refractivity contribution in [3.05, 3.63) is 71.3 Å². The second-order valence-corrected chi connectivity index (χ2v) is 5.18. The van der Waals surface area contributed by atoms with Gasteiger partial charge >= 0.3 is 0 Å². The quantitative estimate of drug-likeness (QED) is 0.866. The molecule has 0 spiro atoms. The Kier molecular flexibility index (Phi) is 3.16. The van der Waals surface area contributed by atoms with Crippen LogP contribution in [-0.2, 0) is 12.8 Å². The molecule has 0 bridgehead atoms. The Morgan fingerprint density at radius 3 is 2.50 bits per heavy atom. The molecule has 3 rings (SSSR count). The van der Waals surface area contributed by atoms with E-state index in [1.165, 1.54) is 16.7 Å². The fraction of sp³-hybridized carbons (Fsp3) is 0.294. The summed E-state index contributed by atoms with van der Waals surface area (Å²) >= 11 is 0. The van der Waals surface area contributed by atoms with Crippen molar-refractivity contribution in [2.45, 2.75) is 31.3 Å². The lowest BCUT2D eigenvalue weighted by molar-refractivity contribution is 0.151. The van der Waals surface area contributed by atoms with Gasteiger partial charge in [0.2, 0.25) is 0 Å². The van der Waals surface area contributed by atoms with Gasteiger partial charge in [0.15, 0.2) is 0 Å². The van der Waals surface area contributed by atoms with Crippen molar-refractivity contribution in [2.75, 3.05) is 0 Å². The predicted molar refractivity (Wildman–Crippen MR) is 73.7 cm³/mol. The van der Waals surface area contributed by atoms with Crippen LogP contribution in [0, 0.1) is 0 Å². The van der Waals surface area contributed by atoms with Crippen LogP contribution < -0.4 is 0 Å². The molecule has 1 N–H and O–H groups in total. The Hall–Kier alpha value is -1.60. The maximum Gasteiger partial charge on any atom is 0.0586 e. The molecule has 0 fully saturated rings. The van der Waals surface area contributed by atoms with Crippen molar-refractivity contribution < 1.29 is 5.11 Å². The highest BCUT2D eigenvalue weighted by atomic mass is 16.3. The number of fused-ring (bicyclic) bond motifs is 1. The van der Waals surface area contributed by atoms with Crippen molar-refractivity contribution in [1.29, 1.82) is 0 Å². The van der Waals surface area contributed by atoms with Crippen molar-refractivity contribution in [3.8, 4) is 0 Å². The molecule has 0 saturated carbocycles. The molecule has 0 amide bonds. The van der Waals surface area contributed by atoms with E-state index in [0.717, 1.165) is 19.3 Å². The zero-order valence-electron chi connectivity index (χ0n) is 10.4. The highest BCUT2D eigenvalue weighted by molar-refractivity contribution is 5.39. The molecule has 2 atom stereocenters. The highest BCUT2D eigenvalue weighted by Crippen LogP contribution is 2.38. The van der Waals surface area contributed by atoms with Gasteiger partial charge in [0.05, 0.1) is 6.10 Å². The van der Waals surface area contributed by atoms with Gasteiger partial charge in [-0.25, -0.2) is 0 Å². The standard InChI is InChI=1S/C17H18O/c18-16(10-13-6-2-1-3-7-13)12-15-11-14-8-4-5-9-17(14)15/h1-9,15-16,18H,10-12H2. The average Bonchev–Trinajstić information content (AvgIpc) is 2.37. The monoisotopic (exact) mass is 238 g/mol. The highest BCUT2D eigenvalue weighted by Gasteiger charge is 2.27. The SMILES string of the molecule is OC(Cc1ccccc1)CC1Cc2ccccc21. The van der Waals surface area contributed by atoms with Crippen LogP contribution in [0.2, 0.25) is 0 Å². The number of aliphatic hydroxyl groups is 1. The number of aliphatic hydroxyl groups excluding tert-OH is 1. The van der Waals surface area contributed by atoms with E-state index in [9.17, 15) is 5.11 Å². The third kappa shape index (κ3) is 2.32. The van der Waals surface area contributed by atoms with E-state index in [1.807, 2.05) is 18.2 Å². The molecule has 0 saturated heterocycles. The molecule has 2 aromatic rings. The molecular weight excluding hydrogens is 220 g/mol. The minimum atomic E-state index is -0.231. The summed E-state index contributed by atoms with van der Waals surface area (Å²) in [5.41, 5.74) is 4.11. The maximum absolute atomic E-state index is 10.2. The lowest BCUT2D eigenvalue weighted by atomic mass is 9.74. The number of hydrogen-bond acceptors (Lipinski definition) is 1. The molecule has 1 nitrogen and oxygen atoms in total. The summed E-state index contributed by atoms with van der Waals surface area (Å²) in [6.07, 6.45) is 2.54. The van der Waals surface area contributed by atoms with E-state index in [-0.39, 0.29) is 6.10 Å². The van der Waals surface area contributed by atoms with E-state index >= 15 is 0 Å². The van der Waals surface area contributed by atoms with Gasteiger partial charge in [0.25, 0.3) is 0 Å². The second-order valence-electron chi connectivity index (χ2n) is 5.18. The van der Waals surface area contributed by atoms with Crippen molar-refractivity contribution in [1.82, 2.24) is 0 Å². The summed E-state index contributed by atoms with van der Waals surface area (Å²) in [6.45, 7) is 0. The lowest BCUT2D eigenvalue weighted by Gasteiger charge is -2.31. The molecule has 1 aliphatic rings. The van der Waals surface area contributed by atoms with Crippen LogP contribution in [-0.4, -0.2) is 11.2 Å². The van der Waals surface area contributed by atoms with Crippen LogP contribution in [0.1, 0.15) is 29.0 Å². The molecule has 0 radical (unpaired) electrons. The molecule has 2 aromatic carbocycles. The molecule has 0 aliphatic heterocycles. The largest absolute Gasteiger partial charge is 0.393 e. The third-order valence-electron chi connectivity index (χ3n) is 3.83. The van der Waals surface area contributed by atoms with Crippen LogP contribution in [0.4, 0.5) is 0 Å². The first-order valence-electron chi connectivity index (χ1n) is 6.63. The molecule has 0 heterocycles. The molecule has 92 valence electrons. The number of rotatable bonds is 4. The van der Waals surface area contributed by atoms with Gasteiger partial charge in [-0.3, -0.25) is 0 Å². The summed E-state index contributed by atoms with van der Waals surface area (Å²) in [6, 6.07) is 18.8. The first-order chi connectivity index (χ1) is 8.83. The van der Waals surface area contributed by atoms with Crippen LogP contribution >= 0.6 is 0 Å². The average molecular weight is 238 g/mol. The number of benzene rings is 2. The molecule has 1 aliphatic carbocycles. The fourth-order valence-corrected chi connectivity index (χ4v) is 2.87. The summed E-state index contributed by atoms with van der Waals surface area (Å²) < 4.78 is 0. The molecule has 2 unspecified atom stereocenters. The Balaban J connectivity index is 1.59. The Morgan fingerprint density at radius 2 is 1.72 bits per heavy atom. The molecular formula is C17H18O. The van der Waals surface area contributed by atoms with Crippen LogP contribution in [0.15, 0.2) is 54.6 Å².